The summed E-state index contributed by atoms with van der Waals surface area (Å²) in [7, 11) is 7.41. The molecule has 3 rings (SSSR count). The van der Waals surface area contributed by atoms with Crippen LogP contribution in [0.5, 0.6) is 5.75 Å². The Labute approximate surface area is 233 Å². The number of guanidine groups is 1. The molecule has 11 nitrogen and oxygen atoms in total. The van der Waals surface area contributed by atoms with Gasteiger partial charge in [0.2, 0.25) is 11.9 Å². The first-order chi connectivity index (χ1) is 19.0. The van der Waals surface area contributed by atoms with Crippen LogP contribution >= 0.6 is 0 Å². The molecule has 0 atom stereocenters. The van der Waals surface area contributed by atoms with Crippen LogP contribution in [0.25, 0.3) is 10.9 Å². The van der Waals surface area contributed by atoms with Gasteiger partial charge in [-0.25, -0.2) is 9.98 Å². The second-order valence-electron chi connectivity index (χ2n) is 9.41. The van der Waals surface area contributed by atoms with Crippen LogP contribution in [-0.4, -0.2) is 74.7 Å². The van der Waals surface area contributed by atoms with E-state index in [1.54, 1.807) is 24.4 Å². The Bertz CT molecular complexity index is 1520. The number of ether oxygens (including phenoxy) is 1. The van der Waals surface area contributed by atoms with Crippen LogP contribution in [0.15, 0.2) is 65.8 Å². The summed E-state index contributed by atoms with van der Waals surface area (Å²) in [5.74, 6) is -0.604. The molecule has 3 aromatic rings. The molecule has 0 spiro atoms. The molecule has 0 saturated heterocycles. The monoisotopic (exact) mass is 544 g/mol. The lowest BCUT2D eigenvalue weighted by Gasteiger charge is -2.25. The van der Waals surface area contributed by atoms with Gasteiger partial charge in [0, 0.05) is 43.4 Å². The van der Waals surface area contributed by atoms with Gasteiger partial charge < -0.3 is 36.3 Å². The van der Waals surface area contributed by atoms with Crippen molar-refractivity contribution in [3.8, 4) is 5.75 Å². The number of anilines is 2. The standard InChI is InChI=1S/C29H36N8O3/c1-8-21(18-12-19-17(3)16-32-27(19)20(13-18)28(30)39)34-29(31)35-23-14-22(33-26(38)9-2)24(15-25(23)40-7)37(6)11-10-36(4)5/h8-9,12-16,32H,1-2,10-11H2,3-7H3,(H2,30,39)(H2,31,35)(H,33,38). The van der Waals surface area contributed by atoms with Crippen molar-refractivity contribution in [2.75, 3.05) is 51.6 Å². The molecule has 0 bridgehead atoms. The van der Waals surface area contributed by atoms with Crippen LogP contribution in [0, 0.1) is 6.92 Å². The number of fused-ring (bicyclic) bond motifs is 1. The number of benzene rings is 2. The first-order valence-electron chi connectivity index (χ1n) is 12.5. The molecule has 11 heteroatoms. The van der Waals surface area contributed by atoms with Gasteiger partial charge in [0.05, 0.1) is 35.3 Å². The number of aryl methyl sites for hydroxylation is 1. The van der Waals surface area contributed by atoms with Crippen molar-refractivity contribution in [3.63, 3.8) is 0 Å². The summed E-state index contributed by atoms with van der Waals surface area (Å²) >= 11 is 0. The maximum absolute atomic E-state index is 12.2. The molecule has 0 saturated carbocycles. The van der Waals surface area contributed by atoms with Crippen molar-refractivity contribution in [2.45, 2.75) is 6.92 Å². The minimum Gasteiger partial charge on any atom is -0.494 e. The van der Waals surface area contributed by atoms with Crippen LogP contribution in [0.3, 0.4) is 0 Å². The minimum absolute atomic E-state index is 0.0885. The Hall–Kier alpha value is -4.90. The molecule has 2 amide bonds. The lowest BCUT2D eigenvalue weighted by molar-refractivity contribution is -0.111. The highest BCUT2D eigenvalue weighted by atomic mass is 16.5. The Morgan fingerprint density at radius 2 is 1.82 bits per heavy atom. The third-order valence-corrected chi connectivity index (χ3v) is 6.26. The summed E-state index contributed by atoms with van der Waals surface area (Å²) in [6, 6.07) is 6.96. The second-order valence-corrected chi connectivity index (χ2v) is 9.41. The Balaban J connectivity index is 2.10. The number of allylic oxidation sites excluding steroid dienone is 1. The summed E-state index contributed by atoms with van der Waals surface area (Å²) in [5, 5.41) is 3.66. The predicted octanol–water partition coefficient (Wildman–Crippen LogP) is 3.33. The molecule has 40 heavy (non-hydrogen) atoms. The van der Waals surface area contributed by atoms with E-state index in [1.807, 2.05) is 39.0 Å². The van der Waals surface area contributed by atoms with Gasteiger partial charge in [0.25, 0.3) is 5.91 Å². The summed E-state index contributed by atoms with van der Waals surface area (Å²) in [6.07, 6.45) is 4.51. The van der Waals surface area contributed by atoms with Crippen LogP contribution in [0.2, 0.25) is 0 Å². The third-order valence-electron chi connectivity index (χ3n) is 6.26. The highest BCUT2D eigenvalue weighted by Crippen LogP contribution is 2.38. The SMILES string of the molecule is C=CC(=O)Nc1cc(N=C(N)N=C(C=C)c2cc(C(N)=O)c3[nH]cc(C)c3c2)c(OC)cc1N(C)CCN(C)C. The number of nitrogens with zero attached hydrogens (tertiary/aromatic N) is 4. The van der Waals surface area contributed by atoms with E-state index in [0.29, 0.717) is 46.0 Å². The van der Waals surface area contributed by atoms with E-state index in [-0.39, 0.29) is 11.9 Å². The van der Waals surface area contributed by atoms with Gasteiger partial charge in [-0.15, -0.1) is 0 Å². The number of primary amides is 1. The summed E-state index contributed by atoms with van der Waals surface area (Å²) < 4.78 is 5.60. The minimum atomic E-state index is -0.576. The maximum atomic E-state index is 12.2. The number of nitrogens with one attached hydrogen (secondary N) is 2. The Morgan fingerprint density at radius 1 is 1.10 bits per heavy atom. The van der Waals surface area contributed by atoms with Gasteiger partial charge in [0.1, 0.15) is 11.4 Å². The molecule has 0 fully saturated rings. The molecule has 6 N–H and O–H groups in total. The van der Waals surface area contributed by atoms with Crippen LogP contribution in [0.4, 0.5) is 17.1 Å². The molecule has 1 aromatic heterocycles. The first-order valence-corrected chi connectivity index (χ1v) is 12.5. The lowest BCUT2D eigenvalue weighted by atomic mass is 10.0. The van der Waals surface area contributed by atoms with Crippen molar-refractivity contribution >= 4 is 51.5 Å². The molecular weight excluding hydrogens is 508 g/mol. The molecule has 0 aliphatic heterocycles. The molecule has 2 aromatic carbocycles. The third kappa shape index (κ3) is 6.75. The molecule has 0 aliphatic carbocycles. The van der Waals surface area contributed by atoms with E-state index in [0.717, 1.165) is 23.2 Å². The second kappa shape index (κ2) is 12.8. The number of likely N-dealkylation sites (N-methyl/N-ethyl adjacent to an activating group) is 2. The fraction of sp³-hybridized carbons (Fsp3) is 0.241. The van der Waals surface area contributed by atoms with Crippen LogP contribution in [0.1, 0.15) is 21.5 Å². The van der Waals surface area contributed by atoms with Crippen molar-refractivity contribution in [1.29, 1.82) is 0 Å². The fourth-order valence-electron chi connectivity index (χ4n) is 4.09. The number of carbonyl (C=O) groups excluding carboxylic acids is 2. The number of H-pyrrole nitrogens is 1. The van der Waals surface area contributed by atoms with E-state index in [1.165, 1.54) is 19.3 Å². The smallest absolute Gasteiger partial charge is 0.250 e. The Kier molecular flexibility index (Phi) is 9.46. The van der Waals surface area contributed by atoms with E-state index >= 15 is 0 Å². The van der Waals surface area contributed by atoms with Gasteiger partial charge >= 0.3 is 0 Å². The number of methoxy groups -OCH3 is 1. The number of hydrogen-bond acceptors (Lipinski definition) is 6. The van der Waals surface area contributed by atoms with Gasteiger partial charge in [-0.05, 0) is 56.9 Å². The lowest BCUT2D eigenvalue weighted by Crippen LogP contribution is -2.29. The van der Waals surface area contributed by atoms with E-state index in [2.05, 4.69) is 38.3 Å². The largest absolute Gasteiger partial charge is 0.494 e. The van der Waals surface area contributed by atoms with E-state index in [9.17, 15) is 9.59 Å². The summed E-state index contributed by atoms with van der Waals surface area (Å²) in [4.78, 5) is 40.4. The molecule has 210 valence electrons. The van der Waals surface area contributed by atoms with Crippen molar-refractivity contribution in [3.05, 3.63) is 72.5 Å². The first kappa shape index (κ1) is 29.7. The van der Waals surface area contributed by atoms with E-state index < -0.39 is 5.91 Å². The average molecular weight is 545 g/mol. The summed E-state index contributed by atoms with van der Waals surface area (Å²) in [6.45, 7) is 10.8. The molecule has 0 aliphatic rings. The summed E-state index contributed by atoms with van der Waals surface area (Å²) in [5.41, 5.74) is 16.4. The number of nitrogens with two attached hydrogens (primary N) is 2. The van der Waals surface area contributed by atoms with Crippen molar-refractivity contribution in [1.82, 2.24) is 9.88 Å². The highest BCUT2D eigenvalue weighted by Gasteiger charge is 2.17. The maximum Gasteiger partial charge on any atom is 0.250 e. The number of hydrogen-bond donors (Lipinski definition) is 4. The molecular formula is C29H36N8O3. The average Bonchev–Trinajstić information content (AvgIpc) is 3.30. The van der Waals surface area contributed by atoms with Crippen molar-refractivity contribution < 1.29 is 14.3 Å². The zero-order valence-electron chi connectivity index (χ0n) is 23.5. The zero-order valence-corrected chi connectivity index (χ0v) is 23.5. The highest BCUT2D eigenvalue weighted by molar-refractivity contribution is 6.17. The number of carbonyl (C=O) groups is 2. The Morgan fingerprint density at radius 3 is 2.42 bits per heavy atom. The molecule has 0 radical (unpaired) electrons. The number of aliphatic imine (C=N–C) groups is 2. The molecule has 0 unspecified atom stereocenters. The number of aromatic nitrogens is 1. The van der Waals surface area contributed by atoms with Crippen LogP contribution < -0.4 is 26.4 Å². The molecule has 1 heterocycles. The van der Waals surface area contributed by atoms with Crippen molar-refractivity contribution in [2.24, 2.45) is 21.5 Å². The van der Waals surface area contributed by atoms with Gasteiger partial charge in [-0.3, -0.25) is 9.59 Å². The quantitative estimate of drug-likeness (QED) is 0.165. The van der Waals surface area contributed by atoms with Gasteiger partial charge in [-0.1, -0.05) is 13.2 Å². The fourth-order valence-corrected chi connectivity index (χ4v) is 4.09. The number of amides is 2. The van der Waals surface area contributed by atoms with Gasteiger partial charge in [-0.2, -0.15) is 0 Å². The van der Waals surface area contributed by atoms with E-state index in [4.69, 9.17) is 16.2 Å². The zero-order chi connectivity index (χ0) is 29.6. The normalized spacial score (nSPS) is 11.9. The number of aromatic amines is 1. The predicted molar refractivity (Wildman–Crippen MR) is 163 cm³/mol. The topological polar surface area (TPSA) is 154 Å². The number of rotatable bonds is 11. The van der Waals surface area contributed by atoms with Crippen LogP contribution in [-0.2, 0) is 4.79 Å². The van der Waals surface area contributed by atoms with Gasteiger partial charge in [0.15, 0.2) is 0 Å².